The number of hydrogen-bond acceptors (Lipinski definition) is 6. The summed E-state index contributed by atoms with van der Waals surface area (Å²) >= 11 is 0. The standard InChI is InChI=1S/C26H36N6O3/c1-7-22-26(31(8-2)15-14-29(3)4)32-17-19(12-13-23(32)28-22)25(34)27-20-10-9-11-21(16-20)35-18-24(33)30(5)6/h9-13,16-17H,7-8,14-15,18H2,1-6H3,(H,27,34). The molecule has 188 valence electrons. The van der Waals surface area contributed by atoms with E-state index < -0.39 is 0 Å². The molecule has 0 spiro atoms. The average molecular weight is 481 g/mol. The third-order valence-corrected chi connectivity index (χ3v) is 5.71. The number of nitrogens with zero attached hydrogens (tertiary/aromatic N) is 5. The Morgan fingerprint density at radius 2 is 1.83 bits per heavy atom. The number of pyridine rings is 1. The third-order valence-electron chi connectivity index (χ3n) is 5.71. The van der Waals surface area contributed by atoms with Crippen LogP contribution in [0.25, 0.3) is 5.65 Å². The van der Waals surface area contributed by atoms with E-state index in [2.05, 4.69) is 43.1 Å². The summed E-state index contributed by atoms with van der Waals surface area (Å²) in [5.74, 6) is 1.17. The van der Waals surface area contributed by atoms with E-state index in [-0.39, 0.29) is 18.4 Å². The summed E-state index contributed by atoms with van der Waals surface area (Å²) < 4.78 is 7.57. The molecule has 0 aliphatic heterocycles. The Kier molecular flexibility index (Phi) is 8.70. The van der Waals surface area contributed by atoms with Gasteiger partial charge in [-0.2, -0.15) is 0 Å². The van der Waals surface area contributed by atoms with Gasteiger partial charge in [0.15, 0.2) is 6.61 Å². The van der Waals surface area contributed by atoms with Gasteiger partial charge >= 0.3 is 0 Å². The fraction of sp³-hybridized carbons (Fsp3) is 0.423. The van der Waals surface area contributed by atoms with E-state index in [1.54, 1.807) is 44.4 Å². The number of carbonyl (C=O) groups excluding carboxylic acids is 2. The van der Waals surface area contributed by atoms with Gasteiger partial charge < -0.3 is 24.8 Å². The Labute approximate surface area is 207 Å². The van der Waals surface area contributed by atoms with E-state index >= 15 is 0 Å². The number of rotatable bonds is 11. The van der Waals surface area contributed by atoms with Crippen LogP contribution in [0.4, 0.5) is 11.5 Å². The number of carbonyl (C=O) groups is 2. The summed E-state index contributed by atoms with van der Waals surface area (Å²) in [4.78, 5) is 35.6. The summed E-state index contributed by atoms with van der Waals surface area (Å²) in [6.07, 6.45) is 2.65. The van der Waals surface area contributed by atoms with Crippen LogP contribution in [0.5, 0.6) is 5.75 Å². The van der Waals surface area contributed by atoms with Crippen LogP contribution >= 0.6 is 0 Å². The molecule has 0 aliphatic rings. The van der Waals surface area contributed by atoms with Crippen LogP contribution in [0, 0.1) is 0 Å². The van der Waals surface area contributed by atoms with Crippen LogP contribution in [0.3, 0.4) is 0 Å². The van der Waals surface area contributed by atoms with Gasteiger partial charge in [-0.25, -0.2) is 4.98 Å². The molecule has 35 heavy (non-hydrogen) atoms. The average Bonchev–Trinajstić information content (AvgIpc) is 3.20. The summed E-state index contributed by atoms with van der Waals surface area (Å²) in [6.45, 7) is 6.79. The minimum absolute atomic E-state index is 0.0635. The molecule has 0 saturated heterocycles. The number of nitrogens with one attached hydrogen (secondary N) is 1. The molecule has 1 aromatic carbocycles. The number of amides is 2. The maximum absolute atomic E-state index is 13.1. The number of fused-ring (bicyclic) bond motifs is 1. The lowest BCUT2D eigenvalue weighted by Gasteiger charge is -2.25. The SMILES string of the molecule is CCc1nc2ccc(C(=O)Nc3cccc(OCC(=O)N(C)C)c3)cn2c1N(CC)CCN(C)C. The second-order valence-corrected chi connectivity index (χ2v) is 8.82. The lowest BCUT2D eigenvalue weighted by Crippen LogP contribution is -2.33. The number of anilines is 2. The van der Waals surface area contributed by atoms with Crippen LogP contribution in [-0.2, 0) is 11.2 Å². The van der Waals surface area contributed by atoms with Gasteiger partial charge in [0.05, 0.1) is 11.3 Å². The second kappa shape index (κ2) is 11.7. The Balaban J connectivity index is 1.83. The van der Waals surface area contributed by atoms with E-state index in [0.29, 0.717) is 17.0 Å². The maximum Gasteiger partial charge on any atom is 0.259 e. The first-order valence-electron chi connectivity index (χ1n) is 11.9. The van der Waals surface area contributed by atoms with Crippen LogP contribution in [-0.4, -0.2) is 85.4 Å². The molecule has 0 unspecified atom stereocenters. The Bertz CT molecular complexity index is 1170. The van der Waals surface area contributed by atoms with Crippen molar-refractivity contribution in [2.45, 2.75) is 20.3 Å². The van der Waals surface area contributed by atoms with Crippen molar-refractivity contribution in [1.82, 2.24) is 19.2 Å². The summed E-state index contributed by atoms with van der Waals surface area (Å²) in [7, 11) is 7.48. The number of likely N-dealkylation sites (N-methyl/N-ethyl adjacent to an activating group) is 3. The molecule has 0 aliphatic carbocycles. The van der Waals surface area contributed by atoms with Gasteiger partial charge in [0, 0.05) is 51.7 Å². The van der Waals surface area contributed by atoms with Gasteiger partial charge in [0.25, 0.3) is 11.8 Å². The molecular formula is C26H36N6O3. The van der Waals surface area contributed by atoms with E-state index in [4.69, 9.17) is 9.72 Å². The summed E-state index contributed by atoms with van der Waals surface area (Å²) in [5.41, 5.74) is 2.95. The molecule has 3 rings (SSSR count). The first-order chi connectivity index (χ1) is 16.7. The Morgan fingerprint density at radius 3 is 2.49 bits per heavy atom. The van der Waals surface area contributed by atoms with Gasteiger partial charge in [-0.3, -0.25) is 14.0 Å². The minimum Gasteiger partial charge on any atom is -0.484 e. The molecule has 1 N–H and O–H groups in total. The topological polar surface area (TPSA) is 82.4 Å². The molecule has 9 heteroatoms. The van der Waals surface area contributed by atoms with E-state index in [0.717, 1.165) is 43.2 Å². The van der Waals surface area contributed by atoms with Gasteiger partial charge in [0.1, 0.15) is 17.2 Å². The Hall–Kier alpha value is -3.59. The number of aryl methyl sites for hydroxylation is 1. The normalized spacial score (nSPS) is 11.1. The number of hydrogen-bond donors (Lipinski definition) is 1. The highest BCUT2D eigenvalue weighted by molar-refractivity contribution is 6.04. The molecule has 3 aromatic rings. The molecule has 0 bridgehead atoms. The summed E-state index contributed by atoms with van der Waals surface area (Å²) in [6, 6.07) is 10.7. The largest absolute Gasteiger partial charge is 0.484 e. The molecule has 2 heterocycles. The van der Waals surface area contributed by atoms with Crippen molar-refractivity contribution < 1.29 is 14.3 Å². The molecule has 2 aromatic heterocycles. The van der Waals surface area contributed by atoms with E-state index in [1.165, 1.54) is 4.90 Å². The fourth-order valence-electron chi connectivity index (χ4n) is 3.66. The lowest BCUT2D eigenvalue weighted by atomic mass is 10.2. The quantitative estimate of drug-likeness (QED) is 0.454. The highest BCUT2D eigenvalue weighted by Crippen LogP contribution is 2.25. The van der Waals surface area contributed by atoms with E-state index in [1.807, 2.05) is 16.7 Å². The monoisotopic (exact) mass is 480 g/mol. The van der Waals surface area contributed by atoms with Crippen LogP contribution in [0.2, 0.25) is 0 Å². The molecular weight excluding hydrogens is 444 g/mol. The highest BCUT2D eigenvalue weighted by atomic mass is 16.5. The van der Waals surface area contributed by atoms with Crippen molar-refractivity contribution in [3.63, 3.8) is 0 Å². The number of aromatic nitrogens is 2. The molecule has 0 atom stereocenters. The van der Waals surface area contributed by atoms with Gasteiger partial charge in [-0.1, -0.05) is 13.0 Å². The van der Waals surface area contributed by atoms with Crippen molar-refractivity contribution in [1.29, 1.82) is 0 Å². The van der Waals surface area contributed by atoms with Crippen LogP contribution < -0.4 is 15.0 Å². The molecule has 0 fully saturated rings. The first kappa shape index (κ1) is 26.0. The van der Waals surface area contributed by atoms with Crippen molar-refractivity contribution in [3.8, 4) is 5.75 Å². The summed E-state index contributed by atoms with van der Waals surface area (Å²) in [5, 5.41) is 2.93. The van der Waals surface area contributed by atoms with E-state index in [9.17, 15) is 9.59 Å². The third kappa shape index (κ3) is 6.51. The molecule has 0 saturated carbocycles. The lowest BCUT2D eigenvalue weighted by molar-refractivity contribution is -0.130. The van der Waals surface area contributed by atoms with Crippen molar-refractivity contribution in [2.24, 2.45) is 0 Å². The fourth-order valence-corrected chi connectivity index (χ4v) is 3.66. The molecule has 0 radical (unpaired) electrons. The number of imidazole rings is 1. The predicted octanol–water partition coefficient (Wildman–Crippen LogP) is 3.00. The Morgan fingerprint density at radius 1 is 1.06 bits per heavy atom. The molecule has 9 nitrogen and oxygen atoms in total. The second-order valence-electron chi connectivity index (χ2n) is 8.82. The van der Waals surface area contributed by atoms with Crippen LogP contribution in [0.1, 0.15) is 29.9 Å². The van der Waals surface area contributed by atoms with Gasteiger partial charge in [-0.15, -0.1) is 0 Å². The van der Waals surface area contributed by atoms with Gasteiger partial charge in [0.2, 0.25) is 0 Å². The molecule has 2 amide bonds. The minimum atomic E-state index is -0.234. The zero-order valence-electron chi connectivity index (χ0n) is 21.5. The maximum atomic E-state index is 13.1. The number of benzene rings is 1. The number of ether oxygens (including phenoxy) is 1. The van der Waals surface area contributed by atoms with Crippen LogP contribution in [0.15, 0.2) is 42.6 Å². The smallest absolute Gasteiger partial charge is 0.259 e. The first-order valence-corrected chi connectivity index (χ1v) is 11.9. The van der Waals surface area contributed by atoms with Crippen molar-refractivity contribution in [2.75, 3.05) is 64.6 Å². The highest BCUT2D eigenvalue weighted by Gasteiger charge is 2.18. The van der Waals surface area contributed by atoms with Crippen molar-refractivity contribution in [3.05, 3.63) is 53.9 Å². The zero-order chi connectivity index (χ0) is 25.5. The van der Waals surface area contributed by atoms with Crippen molar-refractivity contribution >= 4 is 29.0 Å². The zero-order valence-corrected chi connectivity index (χ0v) is 21.5. The predicted molar refractivity (Wildman–Crippen MR) is 140 cm³/mol. The van der Waals surface area contributed by atoms with Gasteiger partial charge in [-0.05, 0) is 51.7 Å².